The number of anilines is 16. The van der Waals surface area contributed by atoms with Gasteiger partial charge in [0, 0.05) is 93.2 Å². The van der Waals surface area contributed by atoms with Crippen LogP contribution in [-0.2, 0) is 0 Å². The van der Waals surface area contributed by atoms with Crippen LogP contribution in [0.4, 0.5) is 106 Å². The van der Waals surface area contributed by atoms with Crippen molar-refractivity contribution in [3.63, 3.8) is 0 Å². The summed E-state index contributed by atoms with van der Waals surface area (Å²) in [4.78, 5) is 39.1. The molecule has 1 aliphatic rings. The van der Waals surface area contributed by atoms with E-state index in [-0.39, 0.29) is 17.6 Å². The molecule has 7 aromatic carbocycles. The highest BCUT2D eigenvalue weighted by atomic mass is 32.1. The second-order valence-corrected chi connectivity index (χ2v) is 30.4. The minimum absolute atomic E-state index is 0.0425. The first-order chi connectivity index (χ1) is 56.5. The molecule has 0 unspecified atom stereocenters. The van der Waals surface area contributed by atoms with Crippen LogP contribution in [-0.4, -0.2) is 131 Å². The zero-order valence-electron chi connectivity index (χ0n) is 61.5. The molecular formula is C80H68F3N25O4S4. The number of benzene rings is 7. The molecule has 1 saturated carbocycles. The Hall–Kier alpha value is -14.1. The van der Waals surface area contributed by atoms with Crippen molar-refractivity contribution < 1.29 is 32.9 Å². The number of H-pyrrole nitrogens is 4. The van der Waals surface area contributed by atoms with Crippen LogP contribution in [0, 0.1) is 0 Å². The molecule has 0 spiro atoms. The van der Waals surface area contributed by atoms with Crippen molar-refractivity contribution in [2.45, 2.75) is 44.2 Å². The molecule has 0 amide bonds. The summed E-state index contributed by atoms with van der Waals surface area (Å²) >= 11 is 6.32. The van der Waals surface area contributed by atoms with Gasteiger partial charge in [-0.1, -0.05) is 6.07 Å². The minimum Gasteiger partial charge on any atom is -0.504 e. The van der Waals surface area contributed by atoms with Gasteiger partial charge in [-0.2, -0.15) is 40.3 Å². The van der Waals surface area contributed by atoms with Gasteiger partial charge < -0.3 is 67.1 Å². The maximum atomic E-state index is 12.3. The Kier molecular flexibility index (Phi) is 21.2. The minimum atomic E-state index is -4.73. The fraction of sp³-hybridized carbons (Fsp3) is 0.125. The summed E-state index contributed by atoms with van der Waals surface area (Å²) in [7, 11) is 5.55. The van der Waals surface area contributed by atoms with Crippen molar-refractivity contribution in [2.75, 3.05) is 68.6 Å². The van der Waals surface area contributed by atoms with Crippen molar-refractivity contribution in [3.05, 3.63) is 210 Å². The molecule has 29 nitrogen and oxygen atoms in total. The number of aromatic hydroxyl groups is 1. The second kappa shape index (κ2) is 32.9. The number of nitrogens with one attached hydrogen (secondary N) is 12. The van der Waals surface area contributed by atoms with E-state index in [0.717, 1.165) is 156 Å². The molecule has 0 atom stereocenters. The summed E-state index contributed by atoms with van der Waals surface area (Å²) in [6.07, 6.45) is 5.77. The van der Waals surface area contributed by atoms with Crippen LogP contribution in [0.5, 0.6) is 17.2 Å². The number of methoxy groups -OCH3 is 1. The number of hydrogen-bond acceptors (Lipinski definition) is 29. The SMILES string of the molecule is CN(C)c1cccc(Nc2nc(Nc3ccc4[nH]ncc4c3)c3sccc3n2)c1.COc1ccc(Nc2nc(Nc3ccc4[nH]ncc4c3)c3sccc3n2)cc1O.FC(F)(F)Oc1ccc(Nc2nc(Nc3ccc4[nH]ncc4c3)c3sccc3n2)cc1.OC1CCC(Nc2nc(Nc3ccc4[nH]ncc4c3)c3sccc3n2)CC1. The second-order valence-electron chi connectivity index (χ2n) is 26.7. The van der Waals surface area contributed by atoms with Crippen molar-refractivity contribution >= 4 is 222 Å². The number of halogens is 3. The Morgan fingerprint density at radius 1 is 0.414 bits per heavy atom. The van der Waals surface area contributed by atoms with Gasteiger partial charge in [0.2, 0.25) is 23.8 Å². The summed E-state index contributed by atoms with van der Waals surface area (Å²) in [5.41, 5.74) is 14.2. The van der Waals surface area contributed by atoms with E-state index in [9.17, 15) is 23.4 Å². The number of fused-ring (bicyclic) bond motifs is 8. The number of phenolic OH excluding ortho intramolecular Hbond substituents is 1. The third-order valence-electron chi connectivity index (χ3n) is 18.5. The highest BCUT2D eigenvalue weighted by Crippen LogP contribution is 2.39. The standard InChI is InChI=1S/C21H19N7S.C20H13F3N6OS.C20H16N6O2S.C19H20N6OS/c1-28(2)16-5-3-4-14(11-16)24-21-25-18-8-9-29-19(18)20(26-21)23-15-6-7-17-13(10-15)12-22-27-17;21-20(22,23)30-14-4-1-12(2-5-14)26-19-27-16-7-8-31-17(16)18(28-19)25-13-3-6-15-11(9-13)10-24-29-15;1-28-17-5-3-13(9-16(17)27)23-20-24-15-6-7-29-18(15)19(25-20)22-12-2-4-14-11(8-12)10-21-26-14;26-14-4-1-12(2-5-14)22-19-23-16-7-8-27-17(16)18(24-19)21-13-3-6-15-11(9-13)10-20-25-15/h3-12H,1-2H3,(H,22,27)(H2,23,24,25,26);1-10H,(H,24,29)(H2,25,26,27,28);2-10,27H,1H3,(H,21,26)(H2,22,23,24,25);3,6-10,12,14,26H,1-2,4-5H2,(H,20,25)(H2,21,22,23,24). The third kappa shape index (κ3) is 17.6. The monoisotopic (exact) mass is 1630 g/mol. The van der Waals surface area contributed by atoms with Gasteiger partial charge in [0.05, 0.1) is 101 Å². The number of aliphatic hydroxyl groups excluding tert-OH is 1. The fourth-order valence-electron chi connectivity index (χ4n) is 12.8. The molecule has 116 heavy (non-hydrogen) atoms. The summed E-state index contributed by atoms with van der Waals surface area (Å²) in [6, 6.07) is 50.6. The fourth-order valence-corrected chi connectivity index (χ4v) is 15.9. The topological polar surface area (TPSA) is 376 Å². The van der Waals surface area contributed by atoms with Crippen molar-refractivity contribution in [1.29, 1.82) is 0 Å². The maximum absolute atomic E-state index is 12.3. The lowest BCUT2D eigenvalue weighted by Gasteiger charge is -2.26. The van der Waals surface area contributed by atoms with E-state index in [4.69, 9.17) is 14.7 Å². The zero-order chi connectivity index (χ0) is 79.2. The van der Waals surface area contributed by atoms with Crippen molar-refractivity contribution in [2.24, 2.45) is 0 Å². The number of aromatic nitrogens is 16. The van der Waals surface area contributed by atoms with Gasteiger partial charge in [-0.3, -0.25) is 20.4 Å². The number of hydrogen-bond donors (Lipinski definition) is 14. The lowest BCUT2D eigenvalue weighted by molar-refractivity contribution is -0.274. The molecule has 0 bridgehead atoms. The molecule has 19 aromatic rings. The molecule has 0 aliphatic heterocycles. The zero-order valence-corrected chi connectivity index (χ0v) is 64.7. The van der Waals surface area contributed by atoms with Crippen LogP contribution in [0.15, 0.2) is 210 Å². The molecule has 1 fully saturated rings. The Bertz CT molecular complexity index is 6670. The number of rotatable bonds is 19. The Morgan fingerprint density at radius 2 is 0.776 bits per heavy atom. The highest BCUT2D eigenvalue weighted by molar-refractivity contribution is 7.18. The Balaban J connectivity index is 0.000000111. The third-order valence-corrected chi connectivity index (χ3v) is 22.1. The van der Waals surface area contributed by atoms with Gasteiger partial charge in [0.25, 0.3) is 0 Å². The van der Waals surface area contributed by atoms with Crippen LogP contribution >= 0.6 is 45.3 Å². The van der Waals surface area contributed by atoms with Gasteiger partial charge in [-0.15, -0.1) is 58.5 Å². The van der Waals surface area contributed by atoms with Crippen LogP contribution in [0.3, 0.4) is 0 Å². The first-order valence-electron chi connectivity index (χ1n) is 36.1. The van der Waals surface area contributed by atoms with Crippen LogP contribution in [0.2, 0.25) is 0 Å². The highest BCUT2D eigenvalue weighted by Gasteiger charge is 2.31. The molecule has 0 radical (unpaired) electrons. The van der Waals surface area contributed by atoms with E-state index in [1.54, 1.807) is 64.6 Å². The molecule has 0 saturated heterocycles. The van der Waals surface area contributed by atoms with Crippen LogP contribution in [0.25, 0.3) is 84.5 Å². The van der Waals surface area contributed by atoms with Gasteiger partial charge in [0.15, 0.2) is 34.8 Å². The van der Waals surface area contributed by atoms with Crippen molar-refractivity contribution in [1.82, 2.24) is 80.7 Å². The summed E-state index contributed by atoms with van der Waals surface area (Å²) in [5.74, 6) is 4.96. The molecule has 36 heteroatoms. The lowest BCUT2D eigenvalue weighted by Crippen LogP contribution is -2.29. The van der Waals surface area contributed by atoms with Gasteiger partial charge in [-0.25, -0.2) is 19.9 Å². The lowest BCUT2D eigenvalue weighted by atomic mass is 9.93. The normalized spacial score (nSPS) is 13.4. The van der Waals surface area contributed by atoms with Crippen LogP contribution < -0.4 is 56.9 Å². The smallest absolute Gasteiger partial charge is 0.504 e. The molecular weight excluding hydrogens is 1560 g/mol. The Morgan fingerprint density at radius 3 is 1.16 bits per heavy atom. The number of thiophene rings is 4. The summed E-state index contributed by atoms with van der Waals surface area (Å²) in [6.45, 7) is 0. The first kappa shape index (κ1) is 74.7. The van der Waals surface area contributed by atoms with E-state index < -0.39 is 6.36 Å². The summed E-state index contributed by atoms with van der Waals surface area (Å²) in [5, 5.41) is 86.2. The molecule has 1 aliphatic carbocycles. The van der Waals surface area contributed by atoms with E-state index in [2.05, 4.69) is 141 Å². The van der Waals surface area contributed by atoms with E-state index >= 15 is 0 Å². The average molecular weight is 1630 g/mol. The van der Waals surface area contributed by atoms with Gasteiger partial charge >= 0.3 is 6.36 Å². The number of alkyl halides is 3. The number of aliphatic hydroxyl groups is 1. The van der Waals surface area contributed by atoms with E-state index in [1.807, 2.05) is 151 Å². The predicted octanol–water partition coefficient (Wildman–Crippen LogP) is 19.9. The maximum Gasteiger partial charge on any atom is 0.573 e. The first-order valence-corrected chi connectivity index (χ1v) is 39.6. The van der Waals surface area contributed by atoms with Crippen LogP contribution in [0.1, 0.15) is 25.7 Å². The molecule has 12 heterocycles. The largest absolute Gasteiger partial charge is 0.573 e. The van der Waals surface area contributed by atoms with E-state index in [1.165, 1.54) is 42.7 Å². The molecule has 12 aromatic heterocycles. The number of aromatic amines is 4. The van der Waals surface area contributed by atoms with Gasteiger partial charge in [0.1, 0.15) is 5.75 Å². The molecule has 20 rings (SSSR count). The predicted molar refractivity (Wildman–Crippen MR) is 457 cm³/mol. The van der Waals surface area contributed by atoms with Crippen molar-refractivity contribution in [3.8, 4) is 17.2 Å². The average Bonchev–Trinajstić information content (AvgIpc) is 1.51. The quantitative estimate of drug-likeness (QED) is 0.0357. The number of nitrogens with zero attached hydrogens (tertiary/aromatic N) is 13. The molecule has 582 valence electrons. The molecule has 14 N–H and O–H groups in total. The van der Waals surface area contributed by atoms with Gasteiger partial charge in [-0.05, 0) is 199 Å². The van der Waals surface area contributed by atoms with E-state index in [0.29, 0.717) is 58.6 Å². The number of ether oxygens (including phenoxy) is 2. The Labute approximate surface area is 671 Å². The number of phenols is 1. The summed E-state index contributed by atoms with van der Waals surface area (Å²) < 4.78 is 49.9.